The highest BCUT2D eigenvalue weighted by atomic mass is 32.1. The predicted molar refractivity (Wildman–Crippen MR) is 110 cm³/mol. The van der Waals surface area contributed by atoms with E-state index in [0.717, 1.165) is 11.4 Å². The molecule has 0 aliphatic rings. The maximum absolute atomic E-state index is 12.1. The largest absolute Gasteiger partial charge is 0.490 e. The van der Waals surface area contributed by atoms with Crippen LogP contribution < -0.4 is 25.0 Å². The lowest BCUT2D eigenvalue weighted by molar-refractivity contribution is -0.885. The normalized spacial score (nSPS) is 11.6. The molecule has 7 nitrogen and oxygen atoms in total. The van der Waals surface area contributed by atoms with Crippen molar-refractivity contribution in [1.82, 2.24) is 5.32 Å². The molecule has 3 amide bonds. The zero-order valence-corrected chi connectivity index (χ0v) is 17.6. The zero-order valence-electron chi connectivity index (χ0n) is 16.8. The average molecular weight is 407 g/mol. The number of imide groups is 1. The van der Waals surface area contributed by atoms with Crippen molar-refractivity contribution in [3.63, 3.8) is 0 Å². The van der Waals surface area contributed by atoms with Crippen LogP contribution in [-0.4, -0.2) is 38.7 Å². The van der Waals surface area contributed by atoms with Gasteiger partial charge in [0.25, 0.3) is 5.91 Å². The fourth-order valence-corrected chi connectivity index (χ4v) is 3.68. The van der Waals surface area contributed by atoms with Crippen LogP contribution in [0.15, 0.2) is 29.6 Å². The molecule has 152 valence electrons. The molecule has 1 aromatic carbocycles. The van der Waals surface area contributed by atoms with Crippen LogP contribution in [0.5, 0.6) is 11.5 Å². The molecule has 0 saturated heterocycles. The molecule has 0 fully saturated rings. The summed E-state index contributed by atoms with van der Waals surface area (Å²) >= 11 is 1.68. The lowest BCUT2D eigenvalue weighted by Gasteiger charge is -2.14. The first kappa shape index (κ1) is 21.7. The summed E-state index contributed by atoms with van der Waals surface area (Å²) in [6.07, 6.45) is 0. The number of hydrogen-bond donors (Lipinski definition) is 3. The fraction of sp³-hybridized carbons (Fsp3) is 0.400. The van der Waals surface area contributed by atoms with E-state index in [2.05, 4.69) is 23.6 Å². The van der Waals surface area contributed by atoms with Gasteiger partial charge in [0, 0.05) is 11.8 Å². The molecule has 1 aromatic heterocycles. The summed E-state index contributed by atoms with van der Waals surface area (Å²) in [7, 11) is 1.93. The molecule has 3 N–H and O–H groups in total. The Morgan fingerprint density at radius 2 is 1.82 bits per heavy atom. The third-order valence-corrected chi connectivity index (χ3v) is 4.97. The number of anilines is 1. The first-order valence-electron chi connectivity index (χ1n) is 9.27. The number of urea groups is 1. The fourth-order valence-electron chi connectivity index (χ4n) is 2.66. The number of likely N-dealkylation sites (N-methyl/N-ethyl adjacent to an activating group) is 1. The van der Waals surface area contributed by atoms with Crippen LogP contribution in [0.25, 0.3) is 0 Å². The second-order valence-electron chi connectivity index (χ2n) is 6.37. The number of ether oxygens (including phenoxy) is 2. The highest BCUT2D eigenvalue weighted by Crippen LogP contribution is 2.30. The van der Waals surface area contributed by atoms with E-state index in [1.807, 2.05) is 26.3 Å². The Hall–Kier alpha value is -2.58. The van der Waals surface area contributed by atoms with Crippen LogP contribution in [0.2, 0.25) is 0 Å². The highest BCUT2D eigenvalue weighted by molar-refractivity contribution is 7.10. The minimum Gasteiger partial charge on any atom is -0.490 e. The van der Waals surface area contributed by atoms with Gasteiger partial charge in [0.05, 0.1) is 25.1 Å². The Balaban J connectivity index is 1.87. The standard InChI is InChI=1S/C20H27N3O4S/c1-5-26-16-8-7-15(11-17(16)27-6-2)21-20(25)22-19(24)13-23(4)12-18-14(3)9-10-28-18/h7-11H,5-6,12-13H2,1-4H3,(H2,21,22,24,25)/p+1. The second-order valence-corrected chi connectivity index (χ2v) is 7.37. The van der Waals surface area contributed by atoms with Crippen molar-refractivity contribution in [1.29, 1.82) is 0 Å². The smallest absolute Gasteiger partial charge is 0.326 e. The van der Waals surface area contributed by atoms with E-state index in [0.29, 0.717) is 30.4 Å². The number of carbonyl (C=O) groups is 2. The molecule has 1 atom stereocenters. The van der Waals surface area contributed by atoms with Gasteiger partial charge < -0.3 is 19.7 Å². The van der Waals surface area contributed by atoms with Gasteiger partial charge in [0.15, 0.2) is 18.0 Å². The van der Waals surface area contributed by atoms with Crippen LogP contribution in [0, 0.1) is 6.92 Å². The molecule has 28 heavy (non-hydrogen) atoms. The van der Waals surface area contributed by atoms with Crippen LogP contribution in [0.1, 0.15) is 24.3 Å². The minimum absolute atomic E-state index is 0.207. The highest BCUT2D eigenvalue weighted by Gasteiger charge is 2.15. The van der Waals surface area contributed by atoms with Gasteiger partial charge in [-0.25, -0.2) is 4.79 Å². The van der Waals surface area contributed by atoms with Crippen molar-refractivity contribution < 1.29 is 24.0 Å². The molecule has 0 spiro atoms. The molecule has 2 rings (SSSR count). The lowest BCUT2D eigenvalue weighted by Crippen LogP contribution is -3.08. The number of quaternary nitrogens is 1. The summed E-state index contributed by atoms with van der Waals surface area (Å²) in [5, 5.41) is 7.06. The number of benzene rings is 1. The topological polar surface area (TPSA) is 81.1 Å². The van der Waals surface area contributed by atoms with E-state index in [1.165, 1.54) is 10.4 Å². The van der Waals surface area contributed by atoms with Gasteiger partial charge in [-0.2, -0.15) is 0 Å². The van der Waals surface area contributed by atoms with E-state index in [4.69, 9.17) is 9.47 Å². The minimum atomic E-state index is -0.572. The molecule has 1 heterocycles. The van der Waals surface area contributed by atoms with Crippen LogP contribution in [-0.2, 0) is 11.3 Å². The molecule has 0 aliphatic carbocycles. The third-order valence-electron chi connectivity index (χ3n) is 3.95. The quantitative estimate of drug-likeness (QED) is 0.597. The number of amides is 3. The van der Waals surface area contributed by atoms with E-state index in [9.17, 15) is 9.59 Å². The van der Waals surface area contributed by atoms with E-state index >= 15 is 0 Å². The van der Waals surface area contributed by atoms with Crippen molar-refractivity contribution in [2.45, 2.75) is 27.3 Å². The van der Waals surface area contributed by atoms with Gasteiger partial charge in [-0.05, 0) is 49.9 Å². The summed E-state index contributed by atoms with van der Waals surface area (Å²) in [5.74, 6) is 0.824. The number of carbonyl (C=O) groups excluding carboxylic acids is 2. The molecular weight excluding hydrogens is 378 g/mol. The first-order chi connectivity index (χ1) is 13.4. The lowest BCUT2D eigenvalue weighted by atomic mass is 10.2. The van der Waals surface area contributed by atoms with Crippen molar-refractivity contribution in [2.24, 2.45) is 0 Å². The zero-order chi connectivity index (χ0) is 20.5. The summed E-state index contributed by atoms with van der Waals surface area (Å²) in [6, 6.07) is 6.60. The molecule has 0 saturated carbocycles. The number of rotatable bonds is 9. The van der Waals surface area contributed by atoms with Crippen LogP contribution >= 0.6 is 11.3 Å². The maximum atomic E-state index is 12.1. The number of nitrogens with one attached hydrogen (secondary N) is 3. The summed E-state index contributed by atoms with van der Waals surface area (Å²) in [6.45, 7) is 7.76. The van der Waals surface area contributed by atoms with Gasteiger partial charge in [-0.1, -0.05) is 0 Å². The Labute approximate surface area is 169 Å². The monoisotopic (exact) mass is 406 g/mol. The molecule has 0 bridgehead atoms. The Morgan fingerprint density at radius 3 is 2.46 bits per heavy atom. The number of thiophene rings is 1. The van der Waals surface area contributed by atoms with Crippen LogP contribution in [0.4, 0.5) is 10.5 Å². The van der Waals surface area contributed by atoms with Crippen molar-refractivity contribution >= 4 is 29.0 Å². The summed E-state index contributed by atoms with van der Waals surface area (Å²) in [5.41, 5.74) is 1.75. The molecule has 0 radical (unpaired) electrons. The van der Waals surface area contributed by atoms with Gasteiger partial charge in [-0.15, -0.1) is 11.3 Å². The molecule has 2 aromatic rings. The summed E-state index contributed by atoms with van der Waals surface area (Å²) < 4.78 is 11.0. The molecule has 0 aliphatic heterocycles. The maximum Gasteiger partial charge on any atom is 0.326 e. The summed E-state index contributed by atoms with van der Waals surface area (Å²) in [4.78, 5) is 26.5. The predicted octanol–water partition coefficient (Wildman–Crippen LogP) is 2.22. The molecular formula is C20H28N3O4S+. The van der Waals surface area contributed by atoms with Gasteiger partial charge >= 0.3 is 6.03 Å². The first-order valence-corrected chi connectivity index (χ1v) is 10.2. The Kier molecular flexibility index (Phi) is 8.28. The second kappa shape index (κ2) is 10.7. The van der Waals surface area contributed by atoms with Gasteiger partial charge in [0.2, 0.25) is 0 Å². The van der Waals surface area contributed by atoms with Crippen molar-refractivity contribution in [3.05, 3.63) is 40.1 Å². The van der Waals surface area contributed by atoms with Crippen LogP contribution in [0.3, 0.4) is 0 Å². The average Bonchev–Trinajstić information content (AvgIpc) is 3.02. The van der Waals surface area contributed by atoms with E-state index < -0.39 is 6.03 Å². The number of aryl methyl sites for hydroxylation is 1. The van der Waals surface area contributed by atoms with E-state index in [-0.39, 0.29) is 12.5 Å². The van der Waals surface area contributed by atoms with Gasteiger partial charge in [-0.3, -0.25) is 10.1 Å². The Morgan fingerprint density at radius 1 is 1.11 bits per heavy atom. The molecule has 8 heteroatoms. The van der Waals surface area contributed by atoms with Crippen molar-refractivity contribution in [2.75, 3.05) is 32.1 Å². The SMILES string of the molecule is CCOc1ccc(NC(=O)NC(=O)C[NH+](C)Cc2sccc2C)cc1OCC. The van der Waals surface area contributed by atoms with Gasteiger partial charge in [0.1, 0.15) is 6.54 Å². The van der Waals surface area contributed by atoms with E-state index in [1.54, 1.807) is 29.5 Å². The van der Waals surface area contributed by atoms with Crippen molar-refractivity contribution in [3.8, 4) is 11.5 Å². The Bertz CT molecular complexity index is 806. The number of hydrogen-bond acceptors (Lipinski definition) is 5. The molecule has 1 unspecified atom stereocenters. The third kappa shape index (κ3) is 6.54.